The topological polar surface area (TPSA) is 78.4 Å². The molecule has 0 unspecified atom stereocenters. The van der Waals surface area contributed by atoms with Gasteiger partial charge in [0.1, 0.15) is 5.41 Å². The van der Waals surface area contributed by atoms with Gasteiger partial charge >= 0.3 is 0 Å². The summed E-state index contributed by atoms with van der Waals surface area (Å²) < 4.78 is 0. The SMILES string of the molecule is CC(C)(C(=O)NC1CCCC1)C(=O)N1CCN(c2ncccn2)CC1. The molecule has 25 heavy (non-hydrogen) atoms. The van der Waals surface area contributed by atoms with E-state index in [0.717, 1.165) is 25.7 Å². The highest BCUT2D eigenvalue weighted by Gasteiger charge is 2.41. The quantitative estimate of drug-likeness (QED) is 0.830. The minimum Gasteiger partial charge on any atom is -0.352 e. The fourth-order valence-electron chi connectivity index (χ4n) is 3.49. The predicted octanol–water partition coefficient (Wildman–Crippen LogP) is 1.21. The molecule has 7 nitrogen and oxygen atoms in total. The van der Waals surface area contributed by atoms with Crippen LogP contribution in [0.25, 0.3) is 0 Å². The van der Waals surface area contributed by atoms with Crippen LogP contribution in [-0.2, 0) is 9.59 Å². The Hall–Kier alpha value is -2.18. The van der Waals surface area contributed by atoms with Gasteiger partial charge in [-0.25, -0.2) is 9.97 Å². The molecule has 0 spiro atoms. The van der Waals surface area contributed by atoms with E-state index in [1.54, 1.807) is 37.2 Å². The van der Waals surface area contributed by atoms with Crippen LogP contribution in [0.15, 0.2) is 18.5 Å². The van der Waals surface area contributed by atoms with Crippen molar-refractivity contribution in [3.05, 3.63) is 18.5 Å². The molecule has 1 aliphatic heterocycles. The van der Waals surface area contributed by atoms with Crippen molar-refractivity contribution in [1.29, 1.82) is 0 Å². The maximum absolute atomic E-state index is 12.9. The molecule has 2 fully saturated rings. The molecular weight excluding hydrogens is 318 g/mol. The van der Waals surface area contributed by atoms with Gasteiger partial charge in [-0.05, 0) is 32.8 Å². The lowest BCUT2D eigenvalue weighted by Crippen LogP contribution is -2.56. The number of hydrogen-bond donors (Lipinski definition) is 1. The van der Waals surface area contributed by atoms with Crippen LogP contribution in [0.1, 0.15) is 39.5 Å². The van der Waals surface area contributed by atoms with Crippen molar-refractivity contribution in [2.24, 2.45) is 5.41 Å². The second kappa shape index (κ2) is 7.37. The number of rotatable bonds is 4. The van der Waals surface area contributed by atoms with Crippen molar-refractivity contribution in [2.75, 3.05) is 31.1 Å². The predicted molar refractivity (Wildman–Crippen MR) is 95.0 cm³/mol. The zero-order valence-corrected chi connectivity index (χ0v) is 15.1. The van der Waals surface area contributed by atoms with Crippen molar-refractivity contribution in [2.45, 2.75) is 45.6 Å². The van der Waals surface area contributed by atoms with Crippen molar-refractivity contribution < 1.29 is 9.59 Å². The average molecular weight is 345 g/mol. The third kappa shape index (κ3) is 3.91. The molecule has 1 aromatic heterocycles. The van der Waals surface area contributed by atoms with Crippen LogP contribution in [0, 0.1) is 5.41 Å². The van der Waals surface area contributed by atoms with Crippen molar-refractivity contribution in [3.63, 3.8) is 0 Å². The maximum atomic E-state index is 12.9. The van der Waals surface area contributed by atoms with Gasteiger partial charge in [0, 0.05) is 44.6 Å². The summed E-state index contributed by atoms with van der Waals surface area (Å²) in [7, 11) is 0. The molecule has 3 rings (SSSR count). The minimum atomic E-state index is -1.03. The largest absolute Gasteiger partial charge is 0.352 e. The van der Waals surface area contributed by atoms with E-state index in [1.165, 1.54) is 0 Å². The third-order valence-corrected chi connectivity index (χ3v) is 5.19. The van der Waals surface area contributed by atoms with E-state index in [9.17, 15) is 9.59 Å². The number of nitrogens with one attached hydrogen (secondary N) is 1. The maximum Gasteiger partial charge on any atom is 0.237 e. The van der Waals surface area contributed by atoms with Crippen LogP contribution in [0.5, 0.6) is 0 Å². The average Bonchev–Trinajstić information content (AvgIpc) is 3.15. The van der Waals surface area contributed by atoms with E-state index in [-0.39, 0.29) is 17.9 Å². The number of carbonyl (C=O) groups is 2. The van der Waals surface area contributed by atoms with Crippen molar-refractivity contribution >= 4 is 17.8 Å². The number of nitrogens with zero attached hydrogens (tertiary/aromatic N) is 4. The van der Waals surface area contributed by atoms with Gasteiger partial charge in [-0.15, -0.1) is 0 Å². The molecule has 2 heterocycles. The summed E-state index contributed by atoms with van der Waals surface area (Å²) in [5.41, 5.74) is -1.03. The van der Waals surface area contributed by atoms with E-state index >= 15 is 0 Å². The monoisotopic (exact) mass is 345 g/mol. The van der Waals surface area contributed by atoms with Gasteiger partial charge in [0.05, 0.1) is 0 Å². The van der Waals surface area contributed by atoms with Gasteiger partial charge in [-0.2, -0.15) is 0 Å². The standard InChI is InChI=1S/C18H27N5O2/c1-18(2,15(24)21-14-6-3-4-7-14)16(25)22-10-12-23(13-11-22)17-19-8-5-9-20-17/h5,8-9,14H,3-4,6-7,10-13H2,1-2H3,(H,21,24). The summed E-state index contributed by atoms with van der Waals surface area (Å²) in [5.74, 6) is 0.433. The summed E-state index contributed by atoms with van der Waals surface area (Å²) >= 11 is 0. The first kappa shape index (κ1) is 17.6. The lowest BCUT2D eigenvalue weighted by Gasteiger charge is -2.38. The number of piperazine rings is 1. The van der Waals surface area contributed by atoms with Crippen molar-refractivity contribution in [1.82, 2.24) is 20.2 Å². The normalized spacial score (nSPS) is 19.1. The van der Waals surface area contributed by atoms with Crippen LogP contribution in [0.3, 0.4) is 0 Å². The zero-order valence-electron chi connectivity index (χ0n) is 15.1. The highest BCUT2D eigenvalue weighted by Crippen LogP contribution is 2.24. The van der Waals surface area contributed by atoms with Gasteiger partial charge < -0.3 is 15.1 Å². The van der Waals surface area contributed by atoms with Crippen LogP contribution in [-0.4, -0.2) is 58.9 Å². The Balaban J connectivity index is 1.56. The van der Waals surface area contributed by atoms with E-state index in [4.69, 9.17) is 0 Å². The molecule has 1 saturated heterocycles. The molecule has 0 bridgehead atoms. The first-order chi connectivity index (χ1) is 12.0. The summed E-state index contributed by atoms with van der Waals surface area (Å²) in [6.07, 6.45) is 7.79. The zero-order chi connectivity index (χ0) is 17.9. The number of aromatic nitrogens is 2. The first-order valence-electron chi connectivity index (χ1n) is 9.11. The second-order valence-corrected chi connectivity index (χ2v) is 7.41. The molecule has 7 heteroatoms. The Morgan fingerprint density at radius 1 is 1.08 bits per heavy atom. The Labute approximate surface area is 148 Å². The van der Waals surface area contributed by atoms with Crippen LogP contribution in [0.2, 0.25) is 0 Å². The van der Waals surface area contributed by atoms with E-state index in [2.05, 4.69) is 20.2 Å². The molecule has 0 aromatic carbocycles. The summed E-state index contributed by atoms with van der Waals surface area (Å²) in [4.78, 5) is 37.9. The lowest BCUT2D eigenvalue weighted by molar-refractivity contribution is -0.149. The molecule has 1 saturated carbocycles. The van der Waals surface area contributed by atoms with Crippen LogP contribution < -0.4 is 10.2 Å². The Bertz CT molecular complexity index is 605. The molecule has 0 radical (unpaired) electrons. The molecule has 1 aliphatic carbocycles. The smallest absolute Gasteiger partial charge is 0.237 e. The fraction of sp³-hybridized carbons (Fsp3) is 0.667. The number of anilines is 1. The van der Waals surface area contributed by atoms with Gasteiger partial charge in [0.25, 0.3) is 0 Å². The Morgan fingerprint density at radius 2 is 1.68 bits per heavy atom. The molecule has 136 valence electrons. The van der Waals surface area contributed by atoms with E-state index < -0.39 is 5.41 Å². The molecule has 2 amide bonds. The summed E-state index contributed by atoms with van der Waals surface area (Å²) in [6, 6.07) is 2.01. The van der Waals surface area contributed by atoms with E-state index in [0.29, 0.717) is 32.1 Å². The van der Waals surface area contributed by atoms with Gasteiger partial charge in [-0.3, -0.25) is 9.59 Å². The van der Waals surface area contributed by atoms with Gasteiger partial charge in [0.15, 0.2) is 0 Å². The fourth-order valence-corrected chi connectivity index (χ4v) is 3.49. The van der Waals surface area contributed by atoms with E-state index in [1.807, 2.05) is 0 Å². The van der Waals surface area contributed by atoms with Crippen molar-refractivity contribution in [3.8, 4) is 0 Å². The van der Waals surface area contributed by atoms with Gasteiger partial charge in [-0.1, -0.05) is 12.8 Å². The summed E-state index contributed by atoms with van der Waals surface area (Å²) in [5, 5.41) is 3.06. The molecule has 0 atom stereocenters. The summed E-state index contributed by atoms with van der Waals surface area (Å²) in [6.45, 7) is 5.97. The number of amides is 2. The van der Waals surface area contributed by atoms with Crippen LogP contribution >= 0.6 is 0 Å². The number of carbonyl (C=O) groups excluding carboxylic acids is 2. The lowest BCUT2D eigenvalue weighted by atomic mass is 9.89. The molecular formula is C18H27N5O2. The highest BCUT2D eigenvalue weighted by atomic mass is 16.2. The molecule has 1 N–H and O–H groups in total. The number of hydrogen-bond acceptors (Lipinski definition) is 5. The third-order valence-electron chi connectivity index (χ3n) is 5.19. The Kier molecular flexibility index (Phi) is 5.20. The first-order valence-corrected chi connectivity index (χ1v) is 9.11. The molecule has 1 aromatic rings. The minimum absolute atomic E-state index is 0.100. The van der Waals surface area contributed by atoms with Gasteiger partial charge in [0.2, 0.25) is 17.8 Å². The Morgan fingerprint density at radius 3 is 2.28 bits per heavy atom. The second-order valence-electron chi connectivity index (χ2n) is 7.41. The highest BCUT2D eigenvalue weighted by molar-refractivity contribution is 6.04. The molecule has 2 aliphatic rings. The van der Waals surface area contributed by atoms with Crippen LogP contribution in [0.4, 0.5) is 5.95 Å².